The van der Waals surface area contributed by atoms with Gasteiger partial charge in [-0.05, 0) is 12.1 Å². The Kier molecular flexibility index (Phi) is 3.26. The van der Waals surface area contributed by atoms with Gasteiger partial charge in [0.1, 0.15) is 0 Å². The minimum Gasteiger partial charge on any atom is -0.268 e. The van der Waals surface area contributed by atoms with E-state index in [0.29, 0.717) is 9.87 Å². The van der Waals surface area contributed by atoms with Crippen LogP contribution in [0.5, 0.6) is 0 Å². The molecule has 4 nitrogen and oxygen atoms in total. The number of carbonyl (C=O) groups excluding carboxylic acids is 1. The summed E-state index contributed by atoms with van der Waals surface area (Å²) in [6.07, 6.45) is 0. The molecule has 15 heavy (non-hydrogen) atoms. The number of sulfonamides is 1. The summed E-state index contributed by atoms with van der Waals surface area (Å²) in [5, 5.41) is 0.744. The fourth-order valence-electron chi connectivity index (χ4n) is 0.990. The second kappa shape index (κ2) is 4.27. The highest BCUT2D eigenvalue weighted by atomic mass is 32.2. The maximum atomic E-state index is 11.6. The summed E-state index contributed by atoms with van der Waals surface area (Å²) in [5.74, 6) is -0.574. The minimum atomic E-state index is -3.70. The van der Waals surface area contributed by atoms with E-state index < -0.39 is 15.9 Å². The molecule has 0 fully saturated rings. The summed E-state index contributed by atoms with van der Waals surface area (Å²) in [4.78, 5) is 11.6. The van der Waals surface area contributed by atoms with Gasteiger partial charge in [-0.1, -0.05) is 24.8 Å². The van der Waals surface area contributed by atoms with E-state index >= 15 is 0 Å². The van der Waals surface area contributed by atoms with Gasteiger partial charge in [0.15, 0.2) is 0 Å². The normalized spacial score (nSPS) is 10.7. The molecule has 1 rings (SSSR count). The number of amides is 1. The van der Waals surface area contributed by atoms with Gasteiger partial charge in [-0.3, -0.25) is 4.79 Å². The van der Waals surface area contributed by atoms with Crippen LogP contribution in [0.25, 0.3) is 0 Å². The van der Waals surface area contributed by atoms with Crippen molar-refractivity contribution in [2.45, 2.75) is 0 Å². The smallest absolute Gasteiger partial charge is 0.267 e. The molecule has 0 heterocycles. The van der Waals surface area contributed by atoms with Crippen molar-refractivity contribution in [3.63, 3.8) is 0 Å². The van der Waals surface area contributed by atoms with Gasteiger partial charge in [0.25, 0.3) is 15.9 Å². The quantitative estimate of drug-likeness (QED) is 0.777. The van der Waals surface area contributed by atoms with Gasteiger partial charge in [0.05, 0.1) is 0 Å². The number of benzene rings is 1. The maximum Gasteiger partial charge on any atom is 0.267 e. The van der Waals surface area contributed by atoms with Gasteiger partial charge in [-0.15, -0.1) is 0 Å². The molecule has 0 aliphatic rings. The van der Waals surface area contributed by atoms with Crippen LogP contribution in [0.2, 0.25) is 0 Å². The summed E-state index contributed by atoms with van der Waals surface area (Å²) < 4.78 is 23.3. The molecule has 0 unspecified atom stereocenters. The molecule has 0 aliphatic heterocycles. The lowest BCUT2D eigenvalue weighted by Crippen LogP contribution is -2.31. The van der Waals surface area contributed by atoms with E-state index in [4.69, 9.17) is 0 Å². The van der Waals surface area contributed by atoms with E-state index in [1.54, 1.807) is 30.3 Å². The summed E-state index contributed by atoms with van der Waals surface area (Å²) >= 11 is 0. The molecule has 80 valence electrons. The Morgan fingerprint density at radius 3 is 2.33 bits per heavy atom. The summed E-state index contributed by atoms with van der Waals surface area (Å²) in [6, 6.07) is 8.19. The third-order valence-corrected chi connectivity index (χ3v) is 3.25. The number of carbonyl (C=O) groups is 1. The molecule has 0 atom stereocenters. The van der Waals surface area contributed by atoms with Gasteiger partial charge in [-0.25, -0.2) is 12.7 Å². The van der Waals surface area contributed by atoms with Crippen molar-refractivity contribution >= 4 is 15.9 Å². The highest BCUT2D eigenvalue weighted by Crippen LogP contribution is 2.07. The third kappa shape index (κ3) is 2.44. The summed E-state index contributed by atoms with van der Waals surface area (Å²) in [6.45, 7) is 3.15. The number of hydrogen-bond acceptors (Lipinski definition) is 3. The van der Waals surface area contributed by atoms with Crippen LogP contribution in [-0.2, 0) is 10.0 Å². The highest BCUT2D eigenvalue weighted by molar-refractivity contribution is 7.92. The molecule has 0 spiro atoms. The Morgan fingerprint density at radius 2 is 1.87 bits per heavy atom. The lowest BCUT2D eigenvalue weighted by molar-refractivity contribution is 0.0884. The van der Waals surface area contributed by atoms with Crippen LogP contribution in [0, 0.1) is 0 Å². The molecule has 0 saturated carbocycles. The lowest BCUT2D eigenvalue weighted by Gasteiger charge is -2.14. The molecule has 0 saturated heterocycles. The maximum absolute atomic E-state index is 11.6. The van der Waals surface area contributed by atoms with Crippen LogP contribution in [0.4, 0.5) is 0 Å². The van der Waals surface area contributed by atoms with E-state index in [2.05, 4.69) is 6.58 Å². The number of hydrogen-bond donors (Lipinski definition) is 0. The fraction of sp³-hybridized carbons (Fsp3) is 0.100. The monoisotopic (exact) mass is 225 g/mol. The molecule has 0 aliphatic carbocycles. The predicted octanol–water partition coefficient (Wildman–Crippen LogP) is 1.23. The van der Waals surface area contributed by atoms with E-state index in [-0.39, 0.29) is 0 Å². The largest absolute Gasteiger partial charge is 0.268 e. The van der Waals surface area contributed by atoms with Crippen molar-refractivity contribution in [1.82, 2.24) is 4.31 Å². The van der Waals surface area contributed by atoms with Crippen molar-refractivity contribution in [3.8, 4) is 0 Å². The topological polar surface area (TPSA) is 54.5 Å². The number of rotatable bonds is 3. The number of nitrogens with zero attached hydrogens (tertiary/aromatic N) is 1. The first-order valence-electron chi connectivity index (χ1n) is 4.20. The molecule has 1 aromatic carbocycles. The van der Waals surface area contributed by atoms with E-state index in [1.807, 2.05) is 0 Å². The molecule has 0 N–H and O–H groups in total. The second-order valence-electron chi connectivity index (χ2n) is 2.85. The van der Waals surface area contributed by atoms with Crippen molar-refractivity contribution in [2.24, 2.45) is 0 Å². The molecule has 0 bridgehead atoms. The molecular weight excluding hydrogens is 214 g/mol. The van der Waals surface area contributed by atoms with Gasteiger partial charge in [-0.2, -0.15) is 0 Å². The van der Waals surface area contributed by atoms with Crippen LogP contribution < -0.4 is 0 Å². The Morgan fingerprint density at radius 1 is 1.33 bits per heavy atom. The van der Waals surface area contributed by atoms with Crippen molar-refractivity contribution < 1.29 is 13.2 Å². The average Bonchev–Trinajstić information content (AvgIpc) is 2.28. The highest BCUT2D eigenvalue weighted by Gasteiger charge is 2.20. The first-order valence-corrected chi connectivity index (χ1v) is 5.70. The molecule has 1 aromatic rings. The van der Waals surface area contributed by atoms with Crippen LogP contribution in [0.15, 0.2) is 42.3 Å². The van der Waals surface area contributed by atoms with Gasteiger partial charge < -0.3 is 0 Å². The Balaban J connectivity index is 3.02. The van der Waals surface area contributed by atoms with Crippen LogP contribution in [0.1, 0.15) is 10.4 Å². The minimum absolute atomic E-state index is 0.324. The van der Waals surface area contributed by atoms with E-state index in [0.717, 1.165) is 5.41 Å². The fourth-order valence-corrected chi connectivity index (χ4v) is 1.55. The molecule has 0 radical (unpaired) electrons. The molecule has 1 amide bonds. The SMILES string of the molecule is C=CS(=O)(=O)N(C)C(=O)c1ccccc1. The zero-order valence-electron chi connectivity index (χ0n) is 8.25. The predicted molar refractivity (Wildman–Crippen MR) is 57.7 cm³/mol. The molecular formula is C10H11NO3S. The van der Waals surface area contributed by atoms with Crippen LogP contribution in [0.3, 0.4) is 0 Å². The van der Waals surface area contributed by atoms with E-state index in [1.165, 1.54) is 7.05 Å². The summed E-state index contributed by atoms with van der Waals surface area (Å²) in [7, 11) is -2.50. The van der Waals surface area contributed by atoms with Crippen molar-refractivity contribution in [1.29, 1.82) is 0 Å². The Hall–Kier alpha value is -1.62. The third-order valence-electron chi connectivity index (χ3n) is 1.90. The van der Waals surface area contributed by atoms with Crippen molar-refractivity contribution in [2.75, 3.05) is 7.05 Å². The standard InChI is InChI=1S/C10H11NO3S/c1-3-15(13,14)11(2)10(12)9-7-5-4-6-8-9/h3-8H,1H2,2H3. The zero-order valence-corrected chi connectivity index (χ0v) is 9.07. The van der Waals surface area contributed by atoms with Crippen LogP contribution in [-0.4, -0.2) is 25.7 Å². The molecule has 0 aromatic heterocycles. The Bertz CT molecular complexity index is 465. The van der Waals surface area contributed by atoms with Gasteiger partial charge in [0, 0.05) is 18.0 Å². The van der Waals surface area contributed by atoms with Gasteiger partial charge >= 0.3 is 0 Å². The lowest BCUT2D eigenvalue weighted by atomic mass is 10.2. The van der Waals surface area contributed by atoms with Crippen molar-refractivity contribution in [3.05, 3.63) is 47.9 Å². The Labute approximate surface area is 88.9 Å². The summed E-state index contributed by atoms with van der Waals surface area (Å²) in [5.41, 5.74) is 0.324. The first-order chi connectivity index (χ1) is 6.99. The average molecular weight is 225 g/mol. The molecule has 5 heteroatoms. The van der Waals surface area contributed by atoms with E-state index in [9.17, 15) is 13.2 Å². The zero-order chi connectivity index (χ0) is 11.5. The van der Waals surface area contributed by atoms with Gasteiger partial charge in [0.2, 0.25) is 0 Å². The second-order valence-corrected chi connectivity index (χ2v) is 4.76. The first kappa shape index (κ1) is 11.5. The van der Waals surface area contributed by atoms with Crippen LogP contribution >= 0.6 is 0 Å².